The minimum absolute atomic E-state index is 0.127. The average molecular weight is 474 g/mol. The second-order valence-corrected chi connectivity index (χ2v) is 8.44. The maximum absolute atomic E-state index is 12.9. The Balaban J connectivity index is 1.57. The molecule has 1 fully saturated rings. The van der Waals surface area contributed by atoms with Crippen LogP contribution in [0.1, 0.15) is 27.0 Å². The molecular formula is C25H18N2O6S. The molecule has 4 rings (SSSR count). The summed E-state index contributed by atoms with van der Waals surface area (Å²) in [5, 5.41) is 10.7. The lowest BCUT2D eigenvalue weighted by atomic mass is 10.1. The summed E-state index contributed by atoms with van der Waals surface area (Å²) in [7, 11) is 0. The third-order valence-electron chi connectivity index (χ3n) is 5.09. The van der Waals surface area contributed by atoms with E-state index >= 15 is 0 Å². The fourth-order valence-corrected chi connectivity index (χ4v) is 4.14. The third-order valence-corrected chi connectivity index (χ3v) is 5.99. The third kappa shape index (κ3) is 4.89. The molecule has 1 heterocycles. The standard InChI is InChI=1S/C25H18N2O6S/c1-16-10-12-17(13-11-16)24(29)33-21-9-5-3-6-18(21)14-22-23(28)26(25(30)34-22)15-19-7-2-4-8-20(19)27(31)32/h2-14H,15H2,1H3/b22-14-. The summed E-state index contributed by atoms with van der Waals surface area (Å²) in [5.74, 6) is -0.892. The van der Waals surface area contributed by atoms with Crippen LogP contribution in [-0.2, 0) is 11.3 Å². The number of rotatable bonds is 6. The number of amides is 2. The second kappa shape index (κ2) is 9.72. The molecule has 0 radical (unpaired) electrons. The normalized spacial score (nSPS) is 14.5. The Morgan fingerprint density at radius 1 is 1.03 bits per heavy atom. The van der Waals surface area contributed by atoms with E-state index in [1.165, 1.54) is 24.3 Å². The molecule has 0 saturated carbocycles. The van der Waals surface area contributed by atoms with Gasteiger partial charge < -0.3 is 4.74 Å². The Kier molecular flexibility index (Phi) is 6.55. The molecule has 0 aromatic heterocycles. The Hall–Kier alpha value is -4.24. The van der Waals surface area contributed by atoms with Crippen molar-refractivity contribution in [1.29, 1.82) is 0 Å². The van der Waals surface area contributed by atoms with E-state index in [0.29, 0.717) is 11.1 Å². The Morgan fingerprint density at radius 3 is 2.44 bits per heavy atom. The number of ether oxygens (including phenoxy) is 1. The van der Waals surface area contributed by atoms with Crippen molar-refractivity contribution in [3.05, 3.63) is 110 Å². The van der Waals surface area contributed by atoms with Crippen LogP contribution in [0.4, 0.5) is 10.5 Å². The van der Waals surface area contributed by atoms with E-state index in [9.17, 15) is 24.5 Å². The summed E-state index contributed by atoms with van der Waals surface area (Å²) < 4.78 is 5.53. The highest BCUT2D eigenvalue weighted by molar-refractivity contribution is 8.18. The molecular weight excluding hydrogens is 456 g/mol. The maximum Gasteiger partial charge on any atom is 0.343 e. The number of aryl methyl sites for hydroxylation is 1. The molecule has 8 nitrogen and oxygen atoms in total. The van der Waals surface area contributed by atoms with E-state index in [1.807, 2.05) is 6.92 Å². The van der Waals surface area contributed by atoms with Gasteiger partial charge in [0.1, 0.15) is 5.75 Å². The fraction of sp³-hybridized carbons (Fsp3) is 0.0800. The minimum atomic E-state index is -0.576. The van der Waals surface area contributed by atoms with Gasteiger partial charge >= 0.3 is 5.97 Å². The van der Waals surface area contributed by atoms with Gasteiger partial charge in [0, 0.05) is 17.2 Å². The van der Waals surface area contributed by atoms with Gasteiger partial charge in [0.15, 0.2) is 0 Å². The zero-order valence-corrected chi connectivity index (χ0v) is 18.8. The second-order valence-electron chi connectivity index (χ2n) is 7.45. The van der Waals surface area contributed by atoms with Crippen molar-refractivity contribution in [3.63, 3.8) is 0 Å². The lowest BCUT2D eigenvalue weighted by Gasteiger charge is -2.12. The zero-order chi connectivity index (χ0) is 24.2. The van der Waals surface area contributed by atoms with Crippen molar-refractivity contribution in [2.24, 2.45) is 0 Å². The van der Waals surface area contributed by atoms with Gasteiger partial charge in [0.2, 0.25) is 0 Å². The quantitative estimate of drug-likeness (QED) is 0.156. The molecule has 0 atom stereocenters. The number of esters is 1. The summed E-state index contributed by atoms with van der Waals surface area (Å²) in [5.41, 5.74) is 1.92. The van der Waals surface area contributed by atoms with Crippen molar-refractivity contribution in [1.82, 2.24) is 4.90 Å². The van der Waals surface area contributed by atoms with Gasteiger partial charge in [-0.15, -0.1) is 0 Å². The first-order valence-electron chi connectivity index (χ1n) is 10.2. The molecule has 9 heteroatoms. The van der Waals surface area contributed by atoms with Gasteiger partial charge in [-0.1, -0.05) is 54.1 Å². The Labute approximate surface area is 199 Å². The lowest BCUT2D eigenvalue weighted by molar-refractivity contribution is -0.385. The van der Waals surface area contributed by atoms with Crippen LogP contribution < -0.4 is 4.74 Å². The molecule has 170 valence electrons. The number of hydrogen-bond donors (Lipinski definition) is 0. The summed E-state index contributed by atoms with van der Waals surface area (Å²) in [6.07, 6.45) is 1.47. The van der Waals surface area contributed by atoms with Crippen LogP contribution in [0.5, 0.6) is 5.75 Å². The van der Waals surface area contributed by atoms with Crippen molar-refractivity contribution >= 4 is 40.6 Å². The number of nitro groups is 1. The number of thioether (sulfide) groups is 1. The summed E-state index contributed by atoms with van der Waals surface area (Å²) in [6, 6.07) is 19.5. The molecule has 0 aliphatic carbocycles. The van der Waals surface area contributed by atoms with E-state index in [4.69, 9.17) is 4.74 Å². The van der Waals surface area contributed by atoms with E-state index in [0.717, 1.165) is 22.2 Å². The van der Waals surface area contributed by atoms with E-state index in [-0.39, 0.29) is 28.5 Å². The van der Waals surface area contributed by atoms with Crippen LogP contribution in [0.2, 0.25) is 0 Å². The van der Waals surface area contributed by atoms with Crippen LogP contribution in [0, 0.1) is 17.0 Å². The van der Waals surface area contributed by atoms with Crippen molar-refractivity contribution in [2.75, 3.05) is 0 Å². The summed E-state index contributed by atoms with van der Waals surface area (Å²) in [6.45, 7) is 1.69. The molecule has 2 amide bonds. The first-order chi connectivity index (χ1) is 16.3. The smallest absolute Gasteiger partial charge is 0.343 e. The van der Waals surface area contributed by atoms with E-state index < -0.39 is 22.0 Å². The lowest BCUT2D eigenvalue weighted by Crippen LogP contribution is -2.27. The van der Waals surface area contributed by atoms with Gasteiger partial charge in [-0.2, -0.15) is 0 Å². The van der Waals surface area contributed by atoms with Gasteiger partial charge in [-0.05, 0) is 43.0 Å². The molecule has 3 aromatic carbocycles. The number of para-hydroxylation sites is 2. The van der Waals surface area contributed by atoms with Gasteiger partial charge in [-0.3, -0.25) is 24.6 Å². The van der Waals surface area contributed by atoms with Crippen LogP contribution >= 0.6 is 11.8 Å². The highest BCUT2D eigenvalue weighted by atomic mass is 32.2. The molecule has 1 saturated heterocycles. The van der Waals surface area contributed by atoms with Crippen molar-refractivity contribution < 1.29 is 24.0 Å². The number of imide groups is 1. The number of carbonyl (C=O) groups excluding carboxylic acids is 3. The van der Waals surface area contributed by atoms with Gasteiger partial charge in [0.25, 0.3) is 16.8 Å². The number of benzene rings is 3. The molecule has 0 unspecified atom stereocenters. The van der Waals surface area contributed by atoms with Gasteiger partial charge in [-0.25, -0.2) is 4.79 Å². The monoisotopic (exact) mass is 474 g/mol. The average Bonchev–Trinajstić information content (AvgIpc) is 3.08. The fourth-order valence-electron chi connectivity index (χ4n) is 3.31. The predicted octanol–water partition coefficient (Wildman–Crippen LogP) is 5.36. The molecule has 1 aliphatic heterocycles. The highest BCUT2D eigenvalue weighted by Gasteiger charge is 2.36. The Morgan fingerprint density at radius 2 is 1.71 bits per heavy atom. The van der Waals surface area contributed by atoms with Crippen LogP contribution in [0.3, 0.4) is 0 Å². The van der Waals surface area contributed by atoms with Crippen LogP contribution in [-0.4, -0.2) is 26.9 Å². The molecule has 0 spiro atoms. The molecule has 0 N–H and O–H groups in total. The van der Waals surface area contributed by atoms with Crippen LogP contribution in [0.25, 0.3) is 6.08 Å². The van der Waals surface area contributed by atoms with Gasteiger partial charge in [0.05, 0.1) is 21.9 Å². The predicted molar refractivity (Wildman–Crippen MR) is 127 cm³/mol. The summed E-state index contributed by atoms with van der Waals surface area (Å²) >= 11 is 0.724. The minimum Gasteiger partial charge on any atom is -0.422 e. The molecule has 0 bridgehead atoms. The number of nitro benzene ring substituents is 1. The first kappa shape index (κ1) is 22.9. The Bertz CT molecular complexity index is 1330. The van der Waals surface area contributed by atoms with E-state index in [1.54, 1.807) is 54.6 Å². The zero-order valence-electron chi connectivity index (χ0n) is 18.0. The largest absolute Gasteiger partial charge is 0.422 e. The van der Waals surface area contributed by atoms with E-state index in [2.05, 4.69) is 0 Å². The summed E-state index contributed by atoms with van der Waals surface area (Å²) in [4.78, 5) is 49.8. The number of carbonyl (C=O) groups is 3. The van der Waals surface area contributed by atoms with Crippen molar-refractivity contribution in [3.8, 4) is 5.75 Å². The van der Waals surface area contributed by atoms with Crippen molar-refractivity contribution in [2.45, 2.75) is 13.5 Å². The highest BCUT2D eigenvalue weighted by Crippen LogP contribution is 2.36. The topological polar surface area (TPSA) is 107 Å². The number of hydrogen-bond acceptors (Lipinski definition) is 7. The molecule has 3 aromatic rings. The number of nitrogens with zero attached hydrogens (tertiary/aromatic N) is 2. The molecule has 1 aliphatic rings. The molecule has 34 heavy (non-hydrogen) atoms. The SMILES string of the molecule is Cc1ccc(C(=O)Oc2ccccc2/C=C2\SC(=O)N(Cc3ccccc3[N+](=O)[O-])C2=O)cc1. The van der Waals surface area contributed by atoms with Crippen LogP contribution in [0.15, 0.2) is 77.7 Å². The first-order valence-corrected chi connectivity index (χ1v) is 11.0. The maximum atomic E-state index is 12.9.